The van der Waals surface area contributed by atoms with E-state index in [9.17, 15) is 24.3 Å². The third-order valence-corrected chi connectivity index (χ3v) is 10.9. The third kappa shape index (κ3) is 6.56. The molecule has 3 aliphatic heterocycles. The van der Waals surface area contributed by atoms with Gasteiger partial charge in [-0.2, -0.15) is 0 Å². The SMILES string of the molecule is CN1CCN(C(=O)c2c[nH]c3ncnc(Nc4ccc5c(c4)SC(=O)C5)c23)CC1.O=C1Cc2ccc(Nc3ncnc4[nH]cc(C(=O)O)c34)cc2S1. The molecule has 7 heterocycles. The zero-order chi connectivity index (χ0) is 35.9. The molecule has 52 heavy (non-hydrogen) atoms. The normalized spacial score (nSPS) is 15.4. The van der Waals surface area contributed by atoms with Crippen molar-refractivity contribution in [2.45, 2.75) is 22.6 Å². The number of rotatable bonds is 6. The van der Waals surface area contributed by atoms with Gasteiger partial charge in [0.15, 0.2) is 10.2 Å². The largest absolute Gasteiger partial charge is 0.478 e. The minimum absolute atomic E-state index is 0.0164. The number of likely N-dealkylation sites (N-methyl/N-ethyl adjacent to an activating group) is 1. The van der Waals surface area contributed by atoms with Gasteiger partial charge in [-0.25, -0.2) is 24.7 Å². The van der Waals surface area contributed by atoms with Crippen LogP contribution in [0.1, 0.15) is 31.8 Å². The first kappa shape index (κ1) is 33.4. The van der Waals surface area contributed by atoms with E-state index in [2.05, 4.69) is 52.5 Å². The monoisotopic (exact) mass is 734 g/mol. The van der Waals surface area contributed by atoms with Crippen molar-refractivity contribution in [3.8, 4) is 0 Å². The van der Waals surface area contributed by atoms with Crippen molar-refractivity contribution < 1.29 is 24.3 Å². The number of thioether (sulfide) groups is 2. The Labute approximate surface area is 304 Å². The summed E-state index contributed by atoms with van der Waals surface area (Å²) < 4.78 is 0. The van der Waals surface area contributed by atoms with E-state index in [1.165, 1.54) is 42.4 Å². The first-order valence-corrected chi connectivity index (χ1v) is 17.9. The highest BCUT2D eigenvalue weighted by Gasteiger charge is 2.26. The molecular formula is C35H30N10O5S2. The smallest absolute Gasteiger partial charge is 0.338 e. The van der Waals surface area contributed by atoms with Gasteiger partial charge in [0, 0.05) is 72.6 Å². The second-order valence-corrected chi connectivity index (χ2v) is 14.6. The van der Waals surface area contributed by atoms with E-state index in [1.807, 2.05) is 41.3 Å². The number of carbonyl (C=O) groups excluding carboxylic acids is 3. The summed E-state index contributed by atoms with van der Waals surface area (Å²) in [6, 6.07) is 11.4. The van der Waals surface area contributed by atoms with E-state index in [1.54, 1.807) is 6.20 Å². The van der Waals surface area contributed by atoms with Crippen LogP contribution in [0.3, 0.4) is 0 Å². The van der Waals surface area contributed by atoms with Gasteiger partial charge < -0.3 is 35.5 Å². The zero-order valence-corrected chi connectivity index (χ0v) is 29.2. The number of nitrogens with zero attached hydrogens (tertiary/aromatic N) is 6. The maximum atomic E-state index is 13.1. The minimum atomic E-state index is -1.05. The van der Waals surface area contributed by atoms with Gasteiger partial charge >= 0.3 is 5.97 Å². The summed E-state index contributed by atoms with van der Waals surface area (Å²) in [7, 11) is 2.06. The van der Waals surface area contributed by atoms with Crippen molar-refractivity contribution in [3.63, 3.8) is 0 Å². The summed E-state index contributed by atoms with van der Waals surface area (Å²) >= 11 is 2.48. The molecule has 2 aromatic carbocycles. The Morgan fingerprint density at radius 1 is 0.731 bits per heavy atom. The van der Waals surface area contributed by atoms with E-state index >= 15 is 0 Å². The second-order valence-electron chi connectivity index (χ2n) is 12.4. The number of carboxylic acids is 1. The number of piperazine rings is 1. The lowest BCUT2D eigenvalue weighted by Gasteiger charge is -2.32. The maximum Gasteiger partial charge on any atom is 0.338 e. The lowest BCUT2D eigenvalue weighted by molar-refractivity contribution is -0.110. The number of amides is 1. The quantitative estimate of drug-likeness (QED) is 0.156. The van der Waals surface area contributed by atoms with Gasteiger partial charge in [0.05, 0.1) is 21.9 Å². The van der Waals surface area contributed by atoms with Gasteiger partial charge in [0.2, 0.25) is 0 Å². The number of anilines is 4. The highest BCUT2D eigenvalue weighted by Crippen LogP contribution is 2.37. The number of aromatic amines is 2. The molecule has 1 fully saturated rings. The van der Waals surface area contributed by atoms with E-state index in [-0.39, 0.29) is 21.7 Å². The molecular weight excluding hydrogens is 705 g/mol. The molecule has 3 aliphatic rings. The summed E-state index contributed by atoms with van der Waals surface area (Å²) in [4.78, 5) is 76.3. The predicted octanol–water partition coefficient (Wildman–Crippen LogP) is 4.84. The molecule has 0 radical (unpaired) electrons. The molecule has 5 N–H and O–H groups in total. The Morgan fingerprint density at radius 3 is 1.75 bits per heavy atom. The molecule has 0 unspecified atom stereocenters. The van der Waals surface area contributed by atoms with Crippen LogP contribution in [0.5, 0.6) is 0 Å². The molecule has 0 spiro atoms. The van der Waals surface area contributed by atoms with Crippen LogP contribution < -0.4 is 10.6 Å². The fourth-order valence-electron chi connectivity index (χ4n) is 6.28. The Kier molecular flexibility index (Phi) is 8.82. The number of H-pyrrole nitrogens is 2. The van der Waals surface area contributed by atoms with Crippen LogP contribution in [0.25, 0.3) is 22.1 Å². The number of carbonyl (C=O) groups is 4. The van der Waals surface area contributed by atoms with Crippen LogP contribution in [0.4, 0.5) is 23.0 Å². The van der Waals surface area contributed by atoms with E-state index < -0.39 is 5.97 Å². The lowest BCUT2D eigenvalue weighted by atomic mass is 10.1. The topological polar surface area (TPSA) is 202 Å². The molecule has 1 amide bonds. The number of hydrogen-bond acceptors (Lipinski definition) is 13. The van der Waals surface area contributed by atoms with Crippen LogP contribution in [-0.2, 0) is 22.4 Å². The molecule has 17 heteroatoms. The number of benzene rings is 2. The molecule has 15 nitrogen and oxygen atoms in total. The fourth-order valence-corrected chi connectivity index (χ4v) is 8.14. The average molecular weight is 735 g/mol. The predicted molar refractivity (Wildman–Crippen MR) is 197 cm³/mol. The van der Waals surface area contributed by atoms with Crippen LogP contribution in [0.2, 0.25) is 0 Å². The van der Waals surface area contributed by atoms with Gasteiger partial charge in [-0.3, -0.25) is 14.4 Å². The molecule has 0 atom stereocenters. The molecule has 6 aromatic rings. The highest BCUT2D eigenvalue weighted by molar-refractivity contribution is 8.14. The van der Waals surface area contributed by atoms with Gasteiger partial charge in [0.1, 0.15) is 35.6 Å². The number of aromatic carboxylic acids is 1. The standard InChI is InChI=1S/C20H20N6O2S.C15H10N4O3S/c1-25-4-6-26(7-5-25)20(28)14-10-21-18-17(14)19(23-11-22-18)24-13-3-2-12-8-16(27)29-15(12)9-13;20-11-3-7-1-2-8(4-10(7)23-11)19-14-12-9(15(21)22)5-16-13(12)17-6-18-14/h2-3,9-11H,4-8H2,1H3,(H2,21,22,23,24);1-2,4-6H,3H2,(H,21,22)(H2,16,17,18,19). The first-order valence-electron chi connectivity index (χ1n) is 16.3. The Balaban J connectivity index is 0.000000153. The maximum absolute atomic E-state index is 13.1. The number of aromatic nitrogens is 6. The number of hydrogen-bond donors (Lipinski definition) is 5. The highest BCUT2D eigenvalue weighted by atomic mass is 32.2. The van der Waals surface area contributed by atoms with Crippen molar-refractivity contribution in [1.29, 1.82) is 0 Å². The lowest BCUT2D eigenvalue weighted by Crippen LogP contribution is -2.47. The molecule has 0 aliphatic carbocycles. The summed E-state index contributed by atoms with van der Waals surface area (Å²) in [5.41, 5.74) is 5.36. The number of carboxylic acid groups (broad SMARTS) is 1. The molecule has 9 rings (SSSR count). The summed E-state index contributed by atoms with van der Waals surface area (Å²) in [5.74, 6) is -0.0903. The van der Waals surface area contributed by atoms with Crippen LogP contribution >= 0.6 is 23.5 Å². The van der Waals surface area contributed by atoms with Gasteiger partial charge in [-0.15, -0.1) is 0 Å². The van der Waals surface area contributed by atoms with Gasteiger partial charge in [-0.1, -0.05) is 35.7 Å². The van der Waals surface area contributed by atoms with Gasteiger partial charge in [0.25, 0.3) is 5.91 Å². The number of nitrogens with one attached hydrogen (secondary N) is 4. The van der Waals surface area contributed by atoms with E-state index in [0.717, 1.165) is 45.4 Å². The average Bonchev–Trinajstić information content (AvgIpc) is 3.92. The third-order valence-electron chi connectivity index (χ3n) is 8.97. The van der Waals surface area contributed by atoms with Crippen molar-refractivity contribution in [2.24, 2.45) is 0 Å². The Morgan fingerprint density at radius 2 is 1.23 bits per heavy atom. The van der Waals surface area contributed by atoms with E-state index in [4.69, 9.17) is 0 Å². The molecule has 4 aromatic heterocycles. The summed E-state index contributed by atoms with van der Waals surface area (Å²) in [6.45, 7) is 3.13. The minimum Gasteiger partial charge on any atom is -0.478 e. The van der Waals surface area contributed by atoms with E-state index in [0.29, 0.717) is 65.2 Å². The fraction of sp³-hybridized carbons (Fsp3) is 0.200. The van der Waals surface area contributed by atoms with Crippen molar-refractivity contribution in [2.75, 3.05) is 43.9 Å². The molecule has 0 saturated carbocycles. The Hall–Kier alpha value is -5.78. The Bertz CT molecular complexity index is 2420. The van der Waals surface area contributed by atoms with Crippen LogP contribution in [0, 0.1) is 0 Å². The summed E-state index contributed by atoms with van der Waals surface area (Å²) in [6.07, 6.45) is 6.85. The van der Waals surface area contributed by atoms with Crippen molar-refractivity contribution in [3.05, 3.63) is 83.7 Å². The van der Waals surface area contributed by atoms with Crippen molar-refractivity contribution in [1.82, 2.24) is 39.7 Å². The second kappa shape index (κ2) is 13.7. The molecule has 262 valence electrons. The van der Waals surface area contributed by atoms with Crippen LogP contribution in [-0.4, -0.2) is 100 Å². The van der Waals surface area contributed by atoms with Crippen molar-refractivity contribution >= 4 is 90.7 Å². The van der Waals surface area contributed by atoms with Crippen LogP contribution in [0.15, 0.2) is 71.2 Å². The van der Waals surface area contributed by atoms with Gasteiger partial charge in [-0.05, 0) is 42.4 Å². The zero-order valence-electron chi connectivity index (χ0n) is 27.6. The molecule has 1 saturated heterocycles. The number of fused-ring (bicyclic) bond motifs is 4. The first-order chi connectivity index (χ1) is 25.2. The summed E-state index contributed by atoms with van der Waals surface area (Å²) in [5, 5.41) is 17.1. The molecule has 0 bridgehead atoms.